The molecule has 1 N–H and O–H groups in total. The average Bonchev–Trinajstić information content (AvgIpc) is 3.39. The molecule has 0 saturated carbocycles. The first kappa shape index (κ1) is 24.8. The summed E-state index contributed by atoms with van der Waals surface area (Å²) < 4.78 is 7.72. The summed E-state index contributed by atoms with van der Waals surface area (Å²) in [5.74, 6) is -0.430. The van der Waals surface area contributed by atoms with Gasteiger partial charge in [0.15, 0.2) is 5.69 Å². The zero-order chi connectivity index (χ0) is 24.7. The Morgan fingerprint density at radius 1 is 1.24 bits per heavy atom. The van der Waals surface area contributed by atoms with Crippen molar-refractivity contribution in [2.75, 3.05) is 0 Å². The lowest BCUT2D eigenvalue weighted by Crippen LogP contribution is -2.10. The zero-order valence-corrected chi connectivity index (χ0v) is 22.3. The quantitative estimate of drug-likeness (QED) is 0.254. The third kappa shape index (κ3) is 4.75. The van der Waals surface area contributed by atoms with E-state index in [9.17, 15) is 9.90 Å². The van der Waals surface area contributed by atoms with Crippen LogP contribution in [-0.2, 0) is 6.42 Å². The number of hydrogen-bond acceptors (Lipinski definition) is 7. The van der Waals surface area contributed by atoms with E-state index in [0.717, 1.165) is 26.7 Å². The van der Waals surface area contributed by atoms with Crippen LogP contribution in [0, 0.1) is 20.8 Å². The number of aryl methyl sites for hydroxylation is 3. The molecule has 11 heteroatoms. The van der Waals surface area contributed by atoms with Crippen molar-refractivity contribution >= 4 is 52.3 Å². The normalized spacial score (nSPS) is 11.5. The lowest BCUT2D eigenvalue weighted by Gasteiger charge is -2.06. The van der Waals surface area contributed by atoms with E-state index in [-0.39, 0.29) is 5.69 Å². The third-order valence-corrected chi connectivity index (χ3v) is 7.98. The highest BCUT2D eigenvalue weighted by molar-refractivity contribution is 8.01. The standard InChI is InChI=1S/C23H22Cl2N4O3S2/c1-10(2)33-22-19(18-12(4)28-32-13(18)5)26-23(34-22)29-20(21(30)31)16(11(3)27-29)8-14-6-7-15(24)9-17(14)25/h6-7,9-10H,8H2,1-5H3,(H,30,31). The molecule has 4 aromatic rings. The second-order valence-electron chi connectivity index (χ2n) is 8.04. The molecule has 0 aliphatic heterocycles. The molecule has 0 fully saturated rings. The number of rotatable bonds is 7. The number of aromatic nitrogens is 4. The van der Waals surface area contributed by atoms with Gasteiger partial charge in [-0.05, 0) is 38.5 Å². The lowest BCUT2D eigenvalue weighted by atomic mass is 10.0. The summed E-state index contributed by atoms with van der Waals surface area (Å²) in [5.41, 5.74) is 4.26. The van der Waals surface area contributed by atoms with E-state index >= 15 is 0 Å². The van der Waals surface area contributed by atoms with Crippen molar-refractivity contribution in [1.29, 1.82) is 0 Å². The van der Waals surface area contributed by atoms with Gasteiger partial charge in [0.2, 0.25) is 5.13 Å². The van der Waals surface area contributed by atoms with Crippen LogP contribution in [0.15, 0.2) is 26.9 Å². The van der Waals surface area contributed by atoms with Crippen LogP contribution in [0.4, 0.5) is 0 Å². The minimum absolute atomic E-state index is 0.0590. The largest absolute Gasteiger partial charge is 0.476 e. The van der Waals surface area contributed by atoms with Crippen molar-refractivity contribution in [3.63, 3.8) is 0 Å². The van der Waals surface area contributed by atoms with E-state index in [4.69, 9.17) is 32.7 Å². The topological polar surface area (TPSA) is 94.0 Å². The van der Waals surface area contributed by atoms with Crippen LogP contribution in [0.25, 0.3) is 16.4 Å². The molecule has 0 saturated heterocycles. The zero-order valence-electron chi connectivity index (χ0n) is 19.1. The van der Waals surface area contributed by atoms with E-state index in [1.807, 2.05) is 13.8 Å². The van der Waals surface area contributed by atoms with Crippen LogP contribution in [-0.4, -0.2) is 36.2 Å². The number of carboxylic acid groups (broad SMARTS) is 1. The number of halogens is 2. The fourth-order valence-electron chi connectivity index (χ4n) is 3.64. The first-order chi connectivity index (χ1) is 16.1. The number of thioether (sulfide) groups is 1. The molecule has 0 amide bonds. The van der Waals surface area contributed by atoms with E-state index in [1.165, 1.54) is 16.0 Å². The van der Waals surface area contributed by atoms with Crippen LogP contribution in [0.2, 0.25) is 10.0 Å². The molecule has 0 aliphatic rings. The predicted octanol–water partition coefficient (Wildman–Crippen LogP) is 7.01. The highest BCUT2D eigenvalue weighted by Crippen LogP contribution is 2.42. The Morgan fingerprint density at radius 3 is 2.56 bits per heavy atom. The molecule has 1 aromatic carbocycles. The van der Waals surface area contributed by atoms with Gasteiger partial charge in [0.25, 0.3) is 0 Å². The number of thiazole rings is 1. The second kappa shape index (κ2) is 9.73. The van der Waals surface area contributed by atoms with E-state index in [1.54, 1.807) is 36.9 Å². The summed E-state index contributed by atoms with van der Waals surface area (Å²) in [4.78, 5) is 17.2. The molecule has 178 valence electrons. The Labute approximate surface area is 215 Å². The van der Waals surface area contributed by atoms with E-state index < -0.39 is 5.97 Å². The summed E-state index contributed by atoms with van der Waals surface area (Å²) in [6.07, 6.45) is 0.305. The smallest absolute Gasteiger partial charge is 0.355 e. The minimum Gasteiger partial charge on any atom is -0.476 e. The van der Waals surface area contributed by atoms with Gasteiger partial charge >= 0.3 is 5.97 Å². The average molecular weight is 537 g/mol. The monoisotopic (exact) mass is 536 g/mol. The van der Waals surface area contributed by atoms with Crippen molar-refractivity contribution in [2.24, 2.45) is 0 Å². The lowest BCUT2D eigenvalue weighted by molar-refractivity contribution is 0.0686. The molecular formula is C23H22Cl2N4O3S2. The first-order valence-electron chi connectivity index (χ1n) is 10.4. The fourth-order valence-corrected chi connectivity index (χ4v) is 6.57. The third-order valence-electron chi connectivity index (χ3n) is 5.15. The van der Waals surface area contributed by atoms with Gasteiger partial charge in [-0.2, -0.15) is 9.78 Å². The fraction of sp³-hybridized carbons (Fsp3) is 0.304. The summed E-state index contributed by atoms with van der Waals surface area (Å²) in [5, 5.41) is 20.5. The highest BCUT2D eigenvalue weighted by atomic mass is 35.5. The van der Waals surface area contributed by atoms with Crippen LogP contribution in [0.5, 0.6) is 0 Å². The van der Waals surface area contributed by atoms with Gasteiger partial charge in [0.05, 0.1) is 21.2 Å². The molecule has 0 bridgehead atoms. The molecule has 0 atom stereocenters. The van der Waals surface area contributed by atoms with Crippen molar-refractivity contribution < 1.29 is 14.4 Å². The molecule has 3 heterocycles. The Balaban J connectivity index is 1.86. The van der Waals surface area contributed by atoms with Gasteiger partial charge in [-0.15, -0.1) is 11.8 Å². The van der Waals surface area contributed by atoms with Crippen molar-refractivity contribution in [3.8, 4) is 16.4 Å². The van der Waals surface area contributed by atoms with Gasteiger partial charge in [0.1, 0.15) is 11.5 Å². The molecular weight excluding hydrogens is 515 g/mol. The molecule has 3 aromatic heterocycles. The number of nitrogens with zero attached hydrogens (tertiary/aromatic N) is 4. The van der Waals surface area contributed by atoms with E-state index in [0.29, 0.717) is 43.9 Å². The Bertz CT molecular complexity index is 1370. The maximum Gasteiger partial charge on any atom is 0.355 e. The number of carboxylic acids is 1. The number of aromatic carboxylic acids is 1. The maximum atomic E-state index is 12.4. The van der Waals surface area contributed by atoms with Crippen molar-refractivity contribution in [3.05, 3.63) is 62.2 Å². The van der Waals surface area contributed by atoms with E-state index in [2.05, 4.69) is 24.1 Å². The first-order valence-corrected chi connectivity index (χ1v) is 12.9. The molecule has 0 spiro atoms. The number of benzene rings is 1. The Kier molecular flexibility index (Phi) is 7.09. The maximum absolute atomic E-state index is 12.4. The van der Waals surface area contributed by atoms with Crippen LogP contribution in [0.1, 0.15) is 52.6 Å². The van der Waals surface area contributed by atoms with Gasteiger partial charge in [0, 0.05) is 27.3 Å². The molecule has 7 nitrogen and oxygen atoms in total. The summed E-state index contributed by atoms with van der Waals surface area (Å²) in [7, 11) is 0. The summed E-state index contributed by atoms with van der Waals surface area (Å²) in [6, 6.07) is 5.17. The van der Waals surface area contributed by atoms with Crippen molar-refractivity contribution in [1.82, 2.24) is 19.9 Å². The molecule has 0 radical (unpaired) electrons. The highest BCUT2D eigenvalue weighted by Gasteiger charge is 2.28. The molecule has 0 unspecified atom stereocenters. The van der Waals surface area contributed by atoms with Gasteiger partial charge in [-0.25, -0.2) is 9.78 Å². The predicted molar refractivity (Wildman–Crippen MR) is 136 cm³/mol. The molecule has 0 aliphatic carbocycles. The number of hydrogen-bond donors (Lipinski definition) is 1. The van der Waals surface area contributed by atoms with Gasteiger partial charge < -0.3 is 9.63 Å². The summed E-state index contributed by atoms with van der Waals surface area (Å²) in [6.45, 7) is 9.68. The van der Waals surface area contributed by atoms with Crippen LogP contribution >= 0.6 is 46.3 Å². The Morgan fingerprint density at radius 2 is 1.97 bits per heavy atom. The SMILES string of the molecule is Cc1nn(-c2nc(-c3c(C)noc3C)c(SC(C)C)s2)c(C(=O)O)c1Cc1ccc(Cl)cc1Cl. The van der Waals surface area contributed by atoms with Gasteiger partial charge in [-0.3, -0.25) is 0 Å². The minimum atomic E-state index is -1.09. The van der Waals surface area contributed by atoms with Crippen LogP contribution in [0.3, 0.4) is 0 Å². The van der Waals surface area contributed by atoms with Crippen molar-refractivity contribution in [2.45, 2.75) is 50.5 Å². The Hall–Kier alpha value is -2.33. The molecule has 34 heavy (non-hydrogen) atoms. The van der Waals surface area contributed by atoms with Gasteiger partial charge in [-0.1, -0.05) is 59.6 Å². The summed E-state index contributed by atoms with van der Waals surface area (Å²) >= 11 is 15.4. The van der Waals surface area contributed by atoms with Crippen LogP contribution < -0.4 is 0 Å². The second-order valence-corrected chi connectivity index (χ2v) is 11.7. The molecule has 4 rings (SSSR count). The number of carbonyl (C=O) groups is 1.